The molecule has 106 valence electrons. The maximum atomic E-state index is 12.0. The van der Waals surface area contributed by atoms with Crippen molar-refractivity contribution in [3.63, 3.8) is 0 Å². The van der Waals surface area contributed by atoms with E-state index in [-0.39, 0.29) is 18.1 Å². The molecular formula is C14H22N2O2S. The van der Waals surface area contributed by atoms with Gasteiger partial charge in [-0.15, -0.1) is 11.3 Å². The SMILES string of the molecule is CC(C)c1nc(CC(=O)N[C@H](C)[C@@H]2CCCO2)cs1. The predicted molar refractivity (Wildman–Crippen MR) is 76.5 cm³/mol. The first-order valence-corrected chi connectivity index (χ1v) is 7.79. The van der Waals surface area contributed by atoms with E-state index < -0.39 is 0 Å². The lowest BCUT2D eigenvalue weighted by Crippen LogP contribution is -2.41. The molecule has 19 heavy (non-hydrogen) atoms. The first-order valence-electron chi connectivity index (χ1n) is 6.91. The maximum absolute atomic E-state index is 12.0. The Kier molecular flexibility index (Phi) is 4.93. The standard InChI is InChI=1S/C14H22N2O2S/c1-9(2)14-16-11(8-19-14)7-13(17)15-10(3)12-5-4-6-18-12/h8-10,12H,4-7H2,1-3H3,(H,15,17)/t10-,12+/m1/s1. The lowest BCUT2D eigenvalue weighted by Gasteiger charge is -2.19. The molecule has 0 unspecified atom stereocenters. The summed E-state index contributed by atoms with van der Waals surface area (Å²) in [5.74, 6) is 0.455. The highest BCUT2D eigenvalue weighted by Gasteiger charge is 2.23. The van der Waals surface area contributed by atoms with Gasteiger partial charge < -0.3 is 10.1 Å². The Morgan fingerprint density at radius 1 is 1.58 bits per heavy atom. The molecular weight excluding hydrogens is 260 g/mol. The van der Waals surface area contributed by atoms with E-state index in [1.165, 1.54) is 0 Å². The van der Waals surface area contributed by atoms with Gasteiger partial charge in [-0.1, -0.05) is 13.8 Å². The van der Waals surface area contributed by atoms with E-state index in [1.807, 2.05) is 12.3 Å². The van der Waals surface area contributed by atoms with Gasteiger partial charge in [-0.05, 0) is 19.8 Å². The van der Waals surface area contributed by atoms with Crippen LogP contribution in [-0.4, -0.2) is 29.6 Å². The molecule has 2 rings (SSSR count). The first-order chi connectivity index (χ1) is 9.06. The summed E-state index contributed by atoms with van der Waals surface area (Å²) in [5, 5.41) is 6.08. The number of hydrogen-bond donors (Lipinski definition) is 1. The molecule has 1 aromatic rings. The fourth-order valence-electron chi connectivity index (χ4n) is 2.23. The highest BCUT2D eigenvalue weighted by molar-refractivity contribution is 7.09. The first kappa shape index (κ1) is 14.5. The largest absolute Gasteiger partial charge is 0.376 e. The molecule has 0 radical (unpaired) electrons. The normalized spacial score (nSPS) is 20.7. The predicted octanol–water partition coefficient (Wildman–Crippen LogP) is 2.49. The van der Waals surface area contributed by atoms with E-state index in [1.54, 1.807) is 11.3 Å². The molecule has 0 spiro atoms. The second kappa shape index (κ2) is 6.48. The zero-order valence-electron chi connectivity index (χ0n) is 11.8. The van der Waals surface area contributed by atoms with Gasteiger partial charge in [0.05, 0.1) is 29.3 Å². The molecule has 1 aliphatic heterocycles. The molecule has 2 heterocycles. The van der Waals surface area contributed by atoms with E-state index in [2.05, 4.69) is 24.1 Å². The molecule has 1 fully saturated rings. The van der Waals surface area contributed by atoms with Gasteiger partial charge in [0.15, 0.2) is 0 Å². The molecule has 4 nitrogen and oxygen atoms in total. The lowest BCUT2D eigenvalue weighted by molar-refractivity contribution is -0.121. The molecule has 0 aliphatic carbocycles. The van der Waals surface area contributed by atoms with Crippen LogP contribution in [0.3, 0.4) is 0 Å². The van der Waals surface area contributed by atoms with Gasteiger partial charge in [-0.2, -0.15) is 0 Å². The maximum Gasteiger partial charge on any atom is 0.226 e. The molecule has 1 N–H and O–H groups in total. The zero-order valence-corrected chi connectivity index (χ0v) is 12.6. The van der Waals surface area contributed by atoms with E-state index >= 15 is 0 Å². The van der Waals surface area contributed by atoms with Gasteiger partial charge in [0, 0.05) is 17.9 Å². The molecule has 1 amide bonds. The van der Waals surface area contributed by atoms with Crippen LogP contribution in [0.25, 0.3) is 0 Å². The van der Waals surface area contributed by atoms with Crippen LogP contribution >= 0.6 is 11.3 Å². The van der Waals surface area contributed by atoms with Crippen molar-refractivity contribution in [1.82, 2.24) is 10.3 Å². The summed E-state index contributed by atoms with van der Waals surface area (Å²) >= 11 is 1.63. The van der Waals surface area contributed by atoms with Crippen molar-refractivity contribution >= 4 is 17.2 Å². The van der Waals surface area contributed by atoms with Crippen LogP contribution in [-0.2, 0) is 16.0 Å². The van der Waals surface area contributed by atoms with Crippen LogP contribution in [0.5, 0.6) is 0 Å². The molecule has 5 heteroatoms. The molecule has 1 aromatic heterocycles. The van der Waals surface area contributed by atoms with E-state index in [0.29, 0.717) is 12.3 Å². The monoisotopic (exact) mass is 282 g/mol. The van der Waals surface area contributed by atoms with E-state index in [4.69, 9.17) is 4.74 Å². The fourth-order valence-corrected chi connectivity index (χ4v) is 3.06. The van der Waals surface area contributed by atoms with Crippen molar-refractivity contribution in [2.24, 2.45) is 0 Å². The summed E-state index contributed by atoms with van der Waals surface area (Å²) < 4.78 is 5.57. The highest BCUT2D eigenvalue weighted by atomic mass is 32.1. The van der Waals surface area contributed by atoms with Crippen molar-refractivity contribution in [3.05, 3.63) is 16.1 Å². The minimum Gasteiger partial charge on any atom is -0.376 e. The van der Waals surface area contributed by atoms with Gasteiger partial charge in [-0.25, -0.2) is 4.98 Å². The quantitative estimate of drug-likeness (QED) is 0.902. The summed E-state index contributed by atoms with van der Waals surface area (Å²) in [6.07, 6.45) is 2.66. The number of carbonyl (C=O) groups is 1. The van der Waals surface area contributed by atoms with Crippen molar-refractivity contribution in [2.45, 2.75) is 58.1 Å². The third kappa shape index (κ3) is 4.01. The smallest absolute Gasteiger partial charge is 0.226 e. The minimum atomic E-state index is 0.0311. The van der Waals surface area contributed by atoms with Gasteiger partial charge in [-0.3, -0.25) is 4.79 Å². The van der Waals surface area contributed by atoms with Crippen LogP contribution in [0.4, 0.5) is 0 Å². The van der Waals surface area contributed by atoms with E-state index in [0.717, 1.165) is 30.2 Å². The lowest BCUT2D eigenvalue weighted by atomic mass is 10.1. The molecule has 0 bridgehead atoms. The topological polar surface area (TPSA) is 51.2 Å². The van der Waals surface area contributed by atoms with Gasteiger partial charge in [0.1, 0.15) is 0 Å². The Labute approximate surface area is 118 Å². The summed E-state index contributed by atoms with van der Waals surface area (Å²) in [6, 6.07) is 0.0817. The molecule has 1 saturated heterocycles. The number of thiazole rings is 1. The number of hydrogen-bond acceptors (Lipinski definition) is 4. The average Bonchev–Trinajstić information content (AvgIpc) is 2.98. The highest BCUT2D eigenvalue weighted by Crippen LogP contribution is 2.19. The van der Waals surface area contributed by atoms with Crippen LogP contribution in [0, 0.1) is 0 Å². The Hall–Kier alpha value is -0.940. The minimum absolute atomic E-state index is 0.0311. The molecule has 2 atom stereocenters. The van der Waals surface area contributed by atoms with Crippen LogP contribution in [0.1, 0.15) is 50.2 Å². The number of nitrogens with one attached hydrogen (secondary N) is 1. The zero-order chi connectivity index (χ0) is 13.8. The number of rotatable bonds is 5. The van der Waals surface area contributed by atoms with Crippen LogP contribution < -0.4 is 5.32 Å². The number of ether oxygens (including phenoxy) is 1. The van der Waals surface area contributed by atoms with Crippen molar-refractivity contribution in [2.75, 3.05) is 6.61 Å². The van der Waals surface area contributed by atoms with Crippen LogP contribution in [0.15, 0.2) is 5.38 Å². The van der Waals surface area contributed by atoms with Crippen molar-refractivity contribution in [1.29, 1.82) is 0 Å². The fraction of sp³-hybridized carbons (Fsp3) is 0.714. The Morgan fingerprint density at radius 2 is 2.37 bits per heavy atom. The second-order valence-corrected chi connectivity index (χ2v) is 6.31. The van der Waals surface area contributed by atoms with Gasteiger partial charge in [0.2, 0.25) is 5.91 Å². The van der Waals surface area contributed by atoms with E-state index in [9.17, 15) is 4.79 Å². The number of amides is 1. The average molecular weight is 282 g/mol. The number of aromatic nitrogens is 1. The summed E-state index contributed by atoms with van der Waals surface area (Å²) in [7, 11) is 0. The number of nitrogens with zero attached hydrogens (tertiary/aromatic N) is 1. The number of carbonyl (C=O) groups excluding carboxylic acids is 1. The molecule has 0 aromatic carbocycles. The molecule has 0 saturated carbocycles. The Bertz CT molecular complexity index is 425. The summed E-state index contributed by atoms with van der Waals surface area (Å²) in [6.45, 7) is 7.05. The summed E-state index contributed by atoms with van der Waals surface area (Å²) in [4.78, 5) is 16.4. The van der Waals surface area contributed by atoms with Gasteiger partial charge in [0.25, 0.3) is 0 Å². The third-order valence-electron chi connectivity index (χ3n) is 3.32. The van der Waals surface area contributed by atoms with Crippen molar-refractivity contribution < 1.29 is 9.53 Å². The van der Waals surface area contributed by atoms with Crippen LogP contribution in [0.2, 0.25) is 0 Å². The Balaban J connectivity index is 1.82. The van der Waals surface area contributed by atoms with Gasteiger partial charge >= 0.3 is 0 Å². The molecule has 1 aliphatic rings. The Morgan fingerprint density at radius 3 is 2.95 bits per heavy atom. The second-order valence-electron chi connectivity index (χ2n) is 5.42. The third-order valence-corrected chi connectivity index (χ3v) is 4.51. The van der Waals surface area contributed by atoms with Crippen molar-refractivity contribution in [3.8, 4) is 0 Å². The summed E-state index contributed by atoms with van der Waals surface area (Å²) in [5.41, 5.74) is 0.866.